The molecule has 0 amide bonds. The molecule has 0 radical (unpaired) electrons. The van der Waals surface area contributed by atoms with E-state index in [0.717, 1.165) is 50.6 Å². The number of fused-ring (bicyclic) bond motifs is 2. The maximum Gasteiger partial charge on any atom is 0.420 e. The summed E-state index contributed by atoms with van der Waals surface area (Å²) >= 11 is 0. The molecule has 0 saturated heterocycles. The lowest BCUT2D eigenvalue weighted by molar-refractivity contribution is 0.254. The van der Waals surface area contributed by atoms with Crippen LogP contribution in [0.1, 0.15) is 31.1 Å². The molecule has 0 bridgehead atoms. The number of benzene rings is 1. The van der Waals surface area contributed by atoms with Crippen LogP contribution in [-0.2, 0) is 13.0 Å². The molecule has 0 fully saturated rings. The van der Waals surface area contributed by atoms with Gasteiger partial charge in [-0.2, -0.15) is 0 Å². The molecule has 2 N–H and O–H groups in total. The van der Waals surface area contributed by atoms with Gasteiger partial charge in [0.15, 0.2) is 17.2 Å². The second-order valence-electron chi connectivity index (χ2n) is 9.09. The third kappa shape index (κ3) is 4.59. The quantitative estimate of drug-likeness (QED) is 0.401. The molecule has 9 nitrogen and oxygen atoms in total. The van der Waals surface area contributed by atoms with Crippen molar-refractivity contribution in [3.8, 4) is 11.3 Å². The Labute approximate surface area is 206 Å². The molecule has 11 heteroatoms. The Morgan fingerprint density at radius 1 is 1.17 bits per heavy atom. The molecule has 0 aliphatic carbocycles. The molecule has 1 aliphatic rings. The zero-order valence-corrected chi connectivity index (χ0v) is 20.3. The van der Waals surface area contributed by atoms with Gasteiger partial charge >= 0.3 is 5.76 Å². The fourth-order valence-corrected chi connectivity index (χ4v) is 4.47. The van der Waals surface area contributed by atoms with Crippen LogP contribution in [0.15, 0.2) is 39.7 Å². The first-order chi connectivity index (χ1) is 17.3. The van der Waals surface area contributed by atoms with Crippen molar-refractivity contribution in [2.24, 2.45) is 0 Å². The minimum Gasteiger partial charge on any atom is -0.405 e. The van der Waals surface area contributed by atoms with Gasteiger partial charge in [-0.05, 0) is 44.7 Å². The summed E-state index contributed by atoms with van der Waals surface area (Å²) in [6.45, 7) is 7.22. The van der Waals surface area contributed by atoms with E-state index in [-0.39, 0.29) is 34.3 Å². The van der Waals surface area contributed by atoms with Crippen LogP contribution in [0.5, 0.6) is 0 Å². The predicted molar refractivity (Wildman–Crippen MR) is 132 cm³/mol. The molecule has 3 aromatic heterocycles. The minimum atomic E-state index is -0.772. The topological polar surface area (TPSA) is 101 Å². The minimum absolute atomic E-state index is 0.101. The molecule has 0 unspecified atom stereocenters. The Kier molecular flexibility index (Phi) is 6.50. The van der Waals surface area contributed by atoms with Crippen molar-refractivity contribution in [3.63, 3.8) is 0 Å². The van der Waals surface area contributed by atoms with E-state index in [2.05, 4.69) is 25.5 Å². The van der Waals surface area contributed by atoms with Crippen molar-refractivity contribution in [3.05, 3.63) is 63.9 Å². The predicted octanol–water partition coefficient (Wildman–Crippen LogP) is 3.63. The van der Waals surface area contributed by atoms with Crippen LogP contribution in [0.25, 0.3) is 22.4 Å². The van der Waals surface area contributed by atoms with Crippen molar-refractivity contribution in [1.82, 2.24) is 29.7 Å². The molecular formula is C25H27F2N7O2. The highest BCUT2D eigenvalue weighted by atomic mass is 19.1. The van der Waals surface area contributed by atoms with Gasteiger partial charge in [0.25, 0.3) is 0 Å². The van der Waals surface area contributed by atoms with E-state index < -0.39 is 17.4 Å². The molecular weight excluding hydrogens is 468 g/mol. The lowest BCUT2D eigenvalue weighted by Gasteiger charge is -2.28. The standard InChI is InChI=1S/C25H27F2N7O2/c1-14(2)34-20-11-16(10-17(26)23(20)36-25(34)35)22-18(27)12-29-24(32-22)31-21-5-4-15-13-33(9-7-28-3)8-6-19(15)30-21/h4-5,10-12,14,28H,6-9,13H2,1-3H3,(H,29,30,31,32). The van der Waals surface area contributed by atoms with E-state index in [1.54, 1.807) is 13.8 Å². The summed E-state index contributed by atoms with van der Waals surface area (Å²) in [6, 6.07) is 6.18. The fraction of sp³-hybridized carbons (Fsp3) is 0.360. The van der Waals surface area contributed by atoms with E-state index in [0.29, 0.717) is 5.82 Å². The highest BCUT2D eigenvalue weighted by molar-refractivity contribution is 5.81. The van der Waals surface area contributed by atoms with Crippen LogP contribution >= 0.6 is 0 Å². The van der Waals surface area contributed by atoms with Gasteiger partial charge in [0.2, 0.25) is 5.95 Å². The molecule has 188 valence electrons. The molecule has 0 atom stereocenters. The number of nitrogens with one attached hydrogen (secondary N) is 2. The number of hydrogen-bond donors (Lipinski definition) is 2. The van der Waals surface area contributed by atoms with Crippen LogP contribution in [0.3, 0.4) is 0 Å². The van der Waals surface area contributed by atoms with Gasteiger partial charge in [-0.15, -0.1) is 0 Å². The van der Waals surface area contributed by atoms with Gasteiger partial charge < -0.3 is 15.1 Å². The third-order valence-corrected chi connectivity index (χ3v) is 6.25. The fourth-order valence-electron chi connectivity index (χ4n) is 4.47. The number of likely N-dealkylation sites (N-methyl/N-ethyl adjacent to an activating group) is 1. The van der Waals surface area contributed by atoms with Crippen LogP contribution in [-0.4, -0.2) is 51.1 Å². The second-order valence-corrected chi connectivity index (χ2v) is 9.09. The average Bonchev–Trinajstić information content (AvgIpc) is 3.20. The van der Waals surface area contributed by atoms with E-state index in [4.69, 9.17) is 9.40 Å². The van der Waals surface area contributed by atoms with E-state index in [1.807, 2.05) is 19.2 Å². The van der Waals surface area contributed by atoms with Crippen molar-refractivity contribution in [2.45, 2.75) is 32.9 Å². The third-order valence-electron chi connectivity index (χ3n) is 6.25. The van der Waals surface area contributed by atoms with Crippen molar-refractivity contribution < 1.29 is 13.2 Å². The SMILES string of the molecule is CNCCN1CCc2nc(Nc3ncc(F)c(-c4cc(F)c5oc(=O)n(C(C)C)c5c4)n3)ccc2C1. The first-order valence-corrected chi connectivity index (χ1v) is 11.8. The molecule has 0 saturated carbocycles. The zero-order chi connectivity index (χ0) is 25.4. The molecule has 5 rings (SSSR count). The second kappa shape index (κ2) is 9.75. The molecule has 4 heterocycles. The van der Waals surface area contributed by atoms with Gasteiger partial charge in [0.1, 0.15) is 11.5 Å². The maximum atomic E-state index is 14.8. The number of hydrogen-bond acceptors (Lipinski definition) is 8. The Balaban J connectivity index is 1.44. The number of anilines is 2. The summed E-state index contributed by atoms with van der Waals surface area (Å²) in [6.07, 6.45) is 1.85. The van der Waals surface area contributed by atoms with Crippen molar-refractivity contribution >= 4 is 22.9 Å². The lowest BCUT2D eigenvalue weighted by atomic mass is 10.1. The van der Waals surface area contributed by atoms with Crippen LogP contribution in [0, 0.1) is 11.6 Å². The Bertz CT molecular complexity index is 1480. The molecule has 1 aliphatic heterocycles. The first kappa shape index (κ1) is 24.0. The number of halogens is 2. The average molecular weight is 496 g/mol. The van der Waals surface area contributed by atoms with Crippen LogP contribution in [0.2, 0.25) is 0 Å². The Morgan fingerprint density at radius 3 is 2.78 bits per heavy atom. The van der Waals surface area contributed by atoms with E-state index >= 15 is 0 Å². The first-order valence-electron chi connectivity index (χ1n) is 11.8. The number of nitrogens with zero attached hydrogens (tertiary/aromatic N) is 5. The van der Waals surface area contributed by atoms with E-state index in [9.17, 15) is 13.6 Å². The number of oxazole rings is 1. The van der Waals surface area contributed by atoms with Gasteiger partial charge in [0.05, 0.1) is 11.7 Å². The van der Waals surface area contributed by atoms with Gasteiger partial charge in [0, 0.05) is 49.9 Å². The molecule has 4 aromatic rings. The van der Waals surface area contributed by atoms with Gasteiger partial charge in [-0.1, -0.05) is 6.07 Å². The van der Waals surface area contributed by atoms with Crippen LogP contribution in [0.4, 0.5) is 20.5 Å². The van der Waals surface area contributed by atoms with Crippen LogP contribution < -0.4 is 16.4 Å². The zero-order valence-electron chi connectivity index (χ0n) is 20.3. The number of pyridine rings is 1. The summed E-state index contributed by atoms with van der Waals surface area (Å²) in [5, 5.41) is 6.20. The maximum absolute atomic E-state index is 14.8. The largest absolute Gasteiger partial charge is 0.420 e. The summed E-state index contributed by atoms with van der Waals surface area (Å²) in [5.41, 5.74) is 2.30. The molecule has 0 spiro atoms. The highest BCUT2D eigenvalue weighted by Gasteiger charge is 2.21. The summed E-state index contributed by atoms with van der Waals surface area (Å²) in [5.74, 6) is -1.50. The lowest BCUT2D eigenvalue weighted by Crippen LogP contribution is -2.35. The summed E-state index contributed by atoms with van der Waals surface area (Å²) in [4.78, 5) is 27.6. The summed E-state index contributed by atoms with van der Waals surface area (Å²) in [7, 11) is 1.94. The van der Waals surface area contributed by atoms with Gasteiger partial charge in [-0.25, -0.2) is 28.5 Å². The van der Waals surface area contributed by atoms with E-state index in [1.165, 1.54) is 16.2 Å². The Morgan fingerprint density at radius 2 is 2.00 bits per heavy atom. The monoisotopic (exact) mass is 495 g/mol. The normalized spacial score (nSPS) is 13.9. The Hall–Kier alpha value is -3.70. The molecule has 1 aromatic carbocycles. The molecule has 36 heavy (non-hydrogen) atoms. The van der Waals surface area contributed by atoms with Gasteiger partial charge in [-0.3, -0.25) is 9.47 Å². The smallest absolute Gasteiger partial charge is 0.405 e. The van der Waals surface area contributed by atoms with Crippen molar-refractivity contribution in [1.29, 1.82) is 0 Å². The number of aromatic nitrogens is 4. The summed E-state index contributed by atoms with van der Waals surface area (Å²) < 4.78 is 35.9. The highest BCUT2D eigenvalue weighted by Crippen LogP contribution is 2.29. The van der Waals surface area contributed by atoms with Crippen molar-refractivity contribution in [2.75, 3.05) is 32.0 Å². The number of rotatable bonds is 7.